The molecule has 0 aromatic rings. The molecule has 0 rings (SSSR count). The van der Waals surface area contributed by atoms with Crippen molar-refractivity contribution < 1.29 is 84.5 Å². The van der Waals surface area contributed by atoms with Crippen LogP contribution < -0.4 is 0 Å². The van der Waals surface area contributed by atoms with E-state index < -0.39 is 60.6 Å². The summed E-state index contributed by atoms with van der Waals surface area (Å²) in [6.07, 6.45) is -8.22. The third-order valence-electron chi connectivity index (χ3n) is 3.27. The summed E-state index contributed by atoms with van der Waals surface area (Å²) in [6.45, 7) is -3.27. The maximum atomic E-state index is 13.3. The molecule has 0 saturated carbocycles. The molecule has 0 fully saturated rings. The van der Waals surface area contributed by atoms with Gasteiger partial charge in [0.25, 0.3) is 0 Å². The Morgan fingerprint density at radius 2 is 1.00 bits per heavy atom. The van der Waals surface area contributed by atoms with Crippen LogP contribution in [0.25, 0.3) is 0 Å². The number of carbonyl (C=O) groups excluding carboxylic acids is 1. The van der Waals surface area contributed by atoms with Crippen molar-refractivity contribution in [3.8, 4) is 0 Å². The molecule has 0 unspecified atom stereocenters. The average Bonchev–Trinajstić information content (AvgIpc) is 2.58. The van der Waals surface area contributed by atoms with Gasteiger partial charge < -0.3 is 9.47 Å². The summed E-state index contributed by atoms with van der Waals surface area (Å²) in [4.78, 5) is 10.4. The van der Waals surface area contributed by atoms with Gasteiger partial charge in [-0.05, 0) is 0 Å². The second-order valence-electron chi connectivity index (χ2n) is 5.24. The lowest BCUT2D eigenvalue weighted by atomic mass is 9.89. The summed E-state index contributed by atoms with van der Waals surface area (Å²) < 4.78 is 213. The molecule has 0 saturated heterocycles. The maximum absolute atomic E-state index is 13.3. The van der Waals surface area contributed by atoms with E-state index in [0.29, 0.717) is 7.11 Å². The zero-order chi connectivity index (χ0) is 24.8. The summed E-state index contributed by atoms with van der Waals surface area (Å²) in [5, 5.41) is 0. The Morgan fingerprint density at radius 1 is 0.667 bits per heavy atom. The van der Waals surface area contributed by atoms with Crippen LogP contribution in [-0.4, -0.2) is 67.8 Å². The molecule has 0 aromatic heterocycles. The lowest BCUT2D eigenvalue weighted by Gasteiger charge is -2.42. The van der Waals surface area contributed by atoms with E-state index in [9.17, 15) is 75.0 Å². The molecular formula is C11H6F16O3. The minimum atomic E-state index is -8.49. The van der Waals surface area contributed by atoms with Crippen molar-refractivity contribution in [2.45, 2.75) is 47.9 Å². The molecule has 0 aliphatic carbocycles. The number of methoxy groups -OCH3 is 1. The first-order chi connectivity index (χ1) is 12.9. The third kappa shape index (κ3) is 3.78. The Balaban J connectivity index is 6.42. The smallest absolute Gasteiger partial charge is 0.438 e. The minimum Gasteiger partial charge on any atom is -0.438 e. The summed E-state index contributed by atoms with van der Waals surface area (Å²) in [5.74, 6) is -55.4. The molecule has 0 atom stereocenters. The SMILES string of the molecule is COC(=O)OCC(F)(F)C(F)(F)C(F)(F)C(F)(F)C(F)(F)C(F)(F)C(F)(F)C(F)F. The van der Waals surface area contributed by atoms with Crippen molar-refractivity contribution in [1.82, 2.24) is 0 Å². The first-order valence-electron chi connectivity index (χ1n) is 6.53. The quantitative estimate of drug-likeness (QED) is 0.317. The monoisotopic (exact) mass is 490 g/mol. The molecular weight excluding hydrogens is 484 g/mol. The fraction of sp³-hybridized carbons (Fsp3) is 0.909. The van der Waals surface area contributed by atoms with Gasteiger partial charge in [0.1, 0.15) is 0 Å². The van der Waals surface area contributed by atoms with Crippen LogP contribution in [0.4, 0.5) is 75.0 Å². The fourth-order valence-electron chi connectivity index (χ4n) is 1.47. The van der Waals surface area contributed by atoms with E-state index in [-0.39, 0.29) is 0 Å². The lowest BCUT2D eigenvalue weighted by Crippen LogP contribution is -2.74. The van der Waals surface area contributed by atoms with Gasteiger partial charge in [0.05, 0.1) is 7.11 Å². The molecule has 30 heavy (non-hydrogen) atoms. The molecule has 0 aromatic carbocycles. The molecule has 0 aliphatic rings. The summed E-state index contributed by atoms with van der Waals surface area (Å²) in [7, 11) is 0.340. The zero-order valence-corrected chi connectivity index (χ0v) is 13.6. The predicted molar refractivity (Wildman–Crippen MR) is 59.0 cm³/mol. The summed E-state index contributed by atoms with van der Waals surface area (Å²) >= 11 is 0. The van der Waals surface area contributed by atoms with E-state index >= 15 is 0 Å². The molecule has 0 heterocycles. The average molecular weight is 490 g/mol. The normalized spacial score (nSPS) is 15.4. The second-order valence-corrected chi connectivity index (χ2v) is 5.24. The molecule has 0 radical (unpaired) electrons. The van der Waals surface area contributed by atoms with E-state index in [1.807, 2.05) is 0 Å². The van der Waals surface area contributed by atoms with E-state index in [2.05, 4.69) is 9.47 Å². The predicted octanol–water partition coefficient (Wildman–Crippen LogP) is 5.48. The molecule has 19 heteroatoms. The van der Waals surface area contributed by atoms with Crippen molar-refractivity contribution >= 4 is 6.16 Å². The highest BCUT2D eigenvalue weighted by Crippen LogP contribution is 2.62. The van der Waals surface area contributed by atoms with Gasteiger partial charge in [-0.25, -0.2) is 13.6 Å². The number of hydrogen-bond donors (Lipinski definition) is 0. The number of halogens is 16. The van der Waals surface area contributed by atoms with Gasteiger partial charge in [-0.3, -0.25) is 0 Å². The van der Waals surface area contributed by atoms with Crippen molar-refractivity contribution in [2.24, 2.45) is 0 Å². The van der Waals surface area contributed by atoms with Crippen LogP contribution in [-0.2, 0) is 9.47 Å². The van der Waals surface area contributed by atoms with E-state index in [1.54, 1.807) is 0 Å². The summed E-state index contributed by atoms with van der Waals surface area (Å²) in [6, 6.07) is 0. The van der Waals surface area contributed by atoms with Gasteiger partial charge >= 0.3 is 54.0 Å². The van der Waals surface area contributed by atoms with E-state index in [4.69, 9.17) is 0 Å². The van der Waals surface area contributed by atoms with Crippen molar-refractivity contribution in [2.75, 3.05) is 13.7 Å². The topological polar surface area (TPSA) is 35.5 Å². The number of hydrogen-bond acceptors (Lipinski definition) is 3. The van der Waals surface area contributed by atoms with Crippen LogP contribution in [0, 0.1) is 0 Å². The lowest BCUT2D eigenvalue weighted by molar-refractivity contribution is -0.447. The Bertz CT molecular complexity index is 628. The fourth-order valence-corrected chi connectivity index (χ4v) is 1.47. The van der Waals surface area contributed by atoms with Crippen molar-refractivity contribution in [3.63, 3.8) is 0 Å². The Morgan fingerprint density at radius 3 is 1.33 bits per heavy atom. The van der Waals surface area contributed by atoms with Gasteiger partial charge in [0, 0.05) is 0 Å². The van der Waals surface area contributed by atoms with Crippen LogP contribution in [0.3, 0.4) is 0 Å². The third-order valence-corrected chi connectivity index (χ3v) is 3.27. The summed E-state index contributed by atoms with van der Waals surface area (Å²) in [5.41, 5.74) is 0. The van der Waals surface area contributed by atoms with Crippen molar-refractivity contribution in [1.29, 1.82) is 0 Å². The van der Waals surface area contributed by atoms with Crippen LogP contribution in [0.5, 0.6) is 0 Å². The Kier molecular flexibility index (Phi) is 7.21. The van der Waals surface area contributed by atoms with Gasteiger partial charge in [0.2, 0.25) is 0 Å². The van der Waals surface area contributed by atoms with Crippen LogP contribution in [0.2, 0.25) is 0 Å². The number of ether oxygens (including phenoxy) is 2. The molecule has 180 valence electrons. The standard InChI is InChI=1S/C11H6F16O3/c1-29-4(28)30-2-5(14,15)7(18,19)9(22,23)11(26,27)10(24,25)8(20,21)6(16,17)3(12)13/h3H,2H2,1H3. The number of alkyl halides is 16. The molecule has 3 nitrogen and oxygen atoms in total. The number of rotatable bonds is 9. The van der Waals surface area contributed by atoms with Crippen LogP contribution in [0.1, 0.15) is 0 Å². The van der Waals surface area contributed by atoms with E-state index in [0.717, 1.165) is 0 Å². The Hall–Kier alpha value is -1.85. The highest BCUT2D eigenvalue weighted by atomic mass is 19.4. The minimum absolute atomic E-state index is 0.340. The first-order valence-corrected chi connectivity index (χ1v) is 6.53. The molecule has 0 bridgehead atoms. The van der Waals surface area contributed by atoms with E-state index in [1.165, 1.54) is 0 Å². The molecule has 0 aliphatic heterocycles. The van der Waals surface area contributed by atoms with Crippen molar-refractivity contribution in [3.05, 3.63) is 0 Å². The highest BCUT2D eigenvalue weighted by Gasteiger charge is 2.93. The van der Waals surface area contributed by atoms with Gasteiger partial charge in [0.15, 0.2) is 6.61 Å². The van der Waals surface area contributed by atoms with Crippen LogP contribution in [0.15, 0.2) is 0 Å². The van der Waals surface area contributed by atoms with Gasteiger partial charge in [-0.15, -0.1) is 0 Å². The van der Waals surface area contributed by atoms with Gasteiger partial charge in [-0.2, -0.15) is 61.5 Å². The molecule has 0 amide bonds. The Labute approximate surface area is 153 Å². The number of carbonyl (C=O) groups is 1. The van der Waals surface area contributed by atoms with Gasteiger partial charge in [-0.1, -0.05) is 0 Å². The maximum Gasteiger partial charge on any atom is 0.508 e. The molecule has 0 N–H and O–H groups in total. The largest absolute Gasteiger partial charge is 0.508 e. The zero-order valence-electron chi connectivity index (χ0n) is 13.6. The highest BCUT2D eigenvalue weighted by molar-refractivity contribution is 5.59. The molecule has 0 spiro atoms. The first kappa shape index (κ1) is 28.1. The van der Waals surface area contributed by atoms with Crippen LogP contribution >= 0.6 is 0 Å². The second kappa shape index (κ2) is 7.69.